The molecular formula is C16H22ClNO3S. The molecule has 0 saturated heterocycles. The van der Waals surface area contributed by atoms with E-state index in [1.807, 2.05) is 0 Å². The fourth-order valence-electron chi connectivity index (χ4n) is 2.88. The Labute approximate surface area is 137 Å². The van der Waals surface area contributed by atoms with Crippen LogP contribution in [0.4, 0.5) is 0 Å². The lowest BCUT2D eigenvalue weighted by Crippen LogP contribution is -2.43. The Balaban J connectivity index is 1.93. The molecule has 2 rings (SSSR count). The van der Waals surface area contributed by atoms with Crippen molar-refractivity contribution in [2.75, 3.05) is 5.75 Å². The lowest BCUT2D eigenvalue weighted by atomic mass is 9.86. The maximum absolute atomic E-state index is 12.2. The Bertz CT molecular complexity index is 630. The quantitative estimate of drug-likeness (QED) is 0.894. The van der Waals surface area contributed by atoms with Crippen LogP contribution in [0.15, 0.2) is 24.3 Å². The van der Waals surface area contributed by atoms with Gasteiger partial charge in [-0.25, -0.2) is 8.42 Å². The second kappa shape index (κ2) is 7.47. The number of hydrogen-bond acceptors (Lipinski definition) is 3. The molecule has 1 fully saturated rings. The molecule has 6 heteroatoms. The van der Waals surface area contributed by atoms with Gasteiger partial charge in [0.05, 0.1) is 5.75 Å². The van der Waals surface area contributed by atoms with Gasteiger partial charge in [-0.2, -0.15) is 0 Å². The number of amides is 1. The van der Waals surface area contributed by atoms with Gasteiger partial charge in [-0.05, 0) is 30.4 Å². The smallest absolute Gasteiger partial charge is 0.235 e. The summed E-state index contributed by atoms with van der Waals surface area (Å²) in [5.74, 6) is -0.698. The van der Waals surface area contributed by atoms with E-state index >= 15 is 0 Å². The number of hydrogen-bond donors (Lipinski definition) is 1. The molecule has 1 aliphatic rings. The van der Waals surface area contributed by atoms with Crippen LogP contribution in [0, 0.1) is 5.92 Å². The molecule has 22 heavy (non-hydrogen) atoms. The van der Waals surface area contributed by atoms with Gasteiger partial charge in [0.25, 0.3) is 0 Å². The maximum atomic E-state index is 12.2. The van der Waals surface area contributed by atoms with Crippen LogP contribution < -0.4 is 5.32 Å². The predicted octanol–water partition coefficient (Wildman–Crippen LogP) is 2.95. The molecule has 4 nitrogen and oxygen atoms in total. The average molecular weight is 344 g/mol. The van der Waals surface area contributed by atoms with Crippen molar-refractivity contribution in [1.29, 1.82) is 0 Å². The van der Waals surface area contributed by atoms with Gasteiger partial charge in [-0.1, -0.05) is 49.6 Å². The van der Waals surface area contributed by atoms with E-state index in [0.29, 0.717) is 16.5 Å². The number of sulfone groups is 1. The molecule has 0 spiro atoms. The first-order valence-electron chi connectivity index (χ1n) is 7.60. The Morgan fingerprint density at radius 1 is 1.27 bits per heavy atom. The Morgan fingerprint density at radius 3 is 2.64 bits per heavy atom. The Morgan fingerprint density at radius 2 is 1.95 bits per heavy atom. The second-order valence-corrected chi connectivity index (χ2v) is 8.53. The van der Waals surface area contributed by atoms with Gasteiger partial charge in [-0.15, -0.1) is 0 Å². The number of benzene rings is 1. The summed E-state index contributed by atoms with van der Waals surface area (Å²) >= 11 is 5.98. The molecule has 1 aromatic rings. The fourth-order valence-corrected chi connectivity index (χ4v) is 4.47. The van der Waals surface area contributed by atoms with Gasteiger partial charge in [0.2, 0.25) is 5.91 Å². The number of carbonyl (C=O) groups excluding carboxylic acids is 1. The van der Waals surface area contributed by atoms with E-state index in [2.05, 4.69) is 12.2 Å². The molecule has 0 radical (unpaired) electrons. The third-order valence-corrected chi connectivity index (χ3v) is 5.96. The highest BCUT2D eigenvalue weighted by Crippen LogP contribution is 2.24. The number of halogens is 1. The number of carbonyl (C=O) groups is 1. The van der Waals surface area contributed by atoms with Crippen molar-refractivity contribution in [2.45, 2.75) is 44.4 Å². The molecule has 0 aromatic heterocycles. The van der Waals surface area contributed by atoms with Gasteiger partial charge < -0.3 is 5.32 Å². The van der Waals surface area contributed by atoms with Crippen molar-refractivity contribution in [3.05, 3.63) is 34.9 Å². The van der Waals surface area contributed by atoms with Crippen molar-refractivity contribution in [3.63, 3.8) is 0 Å². The van der Waals surface area contributed by atoms with E-state index in [-0.39, 0.29) is 11.8 Å². The molecule has 0 aliphatic heterocycles. The molecule has 122 valence electrons. The first-order valence-corrected chi connectivity index (χ1v) is 9.80. The molecule has 0 heterocycles. The van der Waals surface area contributed by atoms with Crippen LogP contribution in [-0.2, 0) is 20.4 Å². The summed E-state index contributed by atoms with van der Waals surface area (Å²) < 4.78 is 24.3. The molecule has 1 saturated carbocycles. The van der Waals surface area contributed by atoms with Crippen LogP contribution in [0.1, 0.15) is 38.2 Å². The minimum atomic E-state index is -3.52. The van der Waals surface area contributed by atoms with Crippen LogP contribution in [-0.4, -0.2) is 26.1 Å². The lowest BCUT2D eigenvalue weighted by molar-refractivity contribution is -0.119. The molecule has 1 aliphatic carbocycles. The van der Waals surface area contributed by atoms with E-state index in [1.54, 1.807) is 24.3 Å². The minimum Gasteiger partial charge on any atom is -0.352 e. The summed E-state index contributed by atoms with van der Waals surface area (Å²) in [7, 11) is -3.52. The summed E-state index contributed by atoms with van der Waals surface area (Å²) in [6, 6.07) is 6.89. The predicted molar refractivity (Wildman–Crippen MR) is 88.5 cm³/mol. The van der Waals surface area contributed by atoms with Crippen LogP contribution in [0.2, 0.25) is 5.02 Å². The van der Waals surface area contributed by atoms with E-state index in [0.717, 1.165) is 19.3 Å². The van der Waals surface area contributed by atoms with E-state index in [9.17, 15) is 13.2 Å². The first-order chi connectivity index (χ1) is 10.4. The zero-order chi connectivity index (χ0) is 16.2. The Kier molecular flexibility index (Phi) is 5.87. The maximum Gasteiger partial charge on any atom is 0.235 e. The topological polar surface area (TPSA) is 63.2 Å². The van der Waals surface area contributed by atoms with Crippen LogP contribution in [0.3, 0.4) is 0 Å². The second-order valence-electron chi connectivity index (χ2n) is 6.06. The van der Waals surface area contributed by atoms with Gasteiger partial charge in [-0.3, -0.25) is 4.79 Å². The van der Waals surface area contributed by atoms with E-state index < -0.39 is 21.5 Å². The number of rotatable bonds is 5. The van der Waals surface area contributed by atoms with Gasteiger partial charge in [0.15, 0.2) is 9.84 Å². The average Bonchev–Trinajstić information content (AvgIpc) is 2.43. The third kappa shape index (κ3) is 4.99. The summed E-state index contributed by atoms with van der Waals surface area (Å²) in [5.41, 5.74) is 0.531. The van der Waals surface area contributed by atoms with E-state index in [4.69, 9.17) is 11.6 Å². The van der Waals surface area contributed by atoms with Crippen molar-refractivity contribution in [2.24, 2.45) is 5.92 Å². The third-order valence-electron chi connectivity index (χ3n) is 4.14. The molecule has 2 unspecified atom stereocenters. The highest BCUT2D eigenvalue weighted by molar-refractivity contribution is 7.91. The summed E-state index contributed by atoms with van der Waals surface area (Å²) in [5, 5.41) is 3.28. The fraction of sp³-hybridized carbons (Fsp3) is 0.562. The summed E-state index contributed by atoms with van der Waals surface area (Å²) in [6.45, 7) is 2.10. The molecule has 0 bridgehead atoms. The molecule has 1 N–H and O–H groups in total. The highest BCUT2D eigenvalue weighted by Gasteiger charge is 2.25. The van der Waals surface area contributed by atoms with Crippen molar-refractivity contribution in [3.8, 4) is 0 Å². The SMILES string of the molecule is CC1CCCCC1NC(=O)CS(=O)(=O)Cc1ccccc1Cl. The number of nitrogens with one attached hydrogen (secondary N) is 1. The zero-order valence-electron chi connectivity index (χ0n) is 12.7. The van der Waals surface area contributed by atoms with Crippen molar-refractivity contribution < 1.29 is 13.2 Å². The normalized spacial score (nSPS) is 22.3. The van der Waals surface area contributed by atoms with Gasteiger partial charge in [0, 0.05) is 11.1 Å². The lowest BCUT2D eigenvalue weighted by Gasteiger charge is -2.29. The van der Waals surface area contributed by atoms with Gasteiger partial charge in [0.1, 0.15) is 5.75 Å². The largest absolute Gasteiger partial charge is 0.352 e. The monoisotopic (exact) mass is 343 g/mol. The minimum absolute atomic E-state index is 0.0942. The molecule has 1 amide bonds. The van der Waals surface area contributed by atoms with Crippen molar-refractivity contribution >= 4 is 27.3 Å². The standard InChI is InChI=1S/C16H22ClNO3S/c1-12-6-2-5-9-15(12)18-16(19)11-22(20,21)10-13-7-3-4-8-14(13)17/h3-4,7-8,12,15H,2,5-6,9-11H2,1H3,(H,18,19). The van der Waals surface area contributed by atoms with Crippen LogP contribution in [0.5, 0.6) is 0 Å². The summed E-state index contributed by atoms with van der Waals surface area (Å²) in [6.07, 6.45) is 4.27. The molecule has 2 atom stereocenters. The summed E-state index contributed by atoms with van der Waals surface area (Å²) in [4.78, 5) is 12.0. The highest BCUT2D eigenvalue weighted by atomic mass is 35.5. The Hall–Kier alpha value is -1.07. The first kappa shape index (κ1) is 17.3. The van der Waals surface area contributed by atoms with Crippen LogP contribution >= 0.6 is 11.6 Å². The molecule has 1 aromatic carbocycles. The zero-order valence-corrected chi connectivity index (χ0v) is 14.3. The van der Waals surface area contributed by atoms with E-state index in [1.165, 1.54) is 6.42 Å². The van der Waals surface area contributed by atoms with Crippen molar-refractivity contribution in [1.82, 2.24) is 5.32 Å². The van der Waals surface area contributed by atoms with Gasteiger partial charge >= 0.3 is 0 Å². The molecular weight excluding hydrogens is 322 g/mol. The van der Waals surface area contributed by atoms with Crippen LogP contribution in [0.25, 0.3) is 0 Å².